The molecule has 0 saturated carbocycles. The van der Waals surface area contributed by atoms with Crippen LogP contribution in [-0.2, 0) is 6.54 Å². The summed E-state index contributed by atoms with van der Waals surface area (Å²) in [5.74, 6) is 0. The zero-order valence-electron chi connectivity index (χ0n) is 11.6. The van der Waals surface area contributed by atoms with Gasteiger partial charge in [0, 0.05) is 16.0 Å². The first-order valence-corrected chi connectivity index (χ1v) is 7.91. The van der Waals surface area contributed by atoms with Gasteiger partial charge in [0.15, 0.2) is 0 Å². The summed E-state index contributed by atoms with van der Waals surface area (Å²) in [6.07, 6.45) is 2.82. The summed E-state index contributed by atoms with van der Waals surface area (Å²) < 4.78 is 2.91. The molecular formula is C14H18BrClN4. The van der Waals surface area contributed by atoms with Gasteiger partial charge >= 0.3 is 0 Å². The van der Waals surface area contributed by atoms with E-state index < -0.39 is 0 Å². The van der Waals surface area contributed by atoms with Crippen LogP contribution in [0.3, 0.4) is 0 Å². The fourth-order valence-corrected chi connectivity index (χ4v) is 2.97. The van der Waals surface area contributed by atoms with Crippen LogP contribution in [0.15, 0.2) is 28.9 Å². The third-order valence-electron chi connectivity index (χ3n) is 3.06. The van der Waals surface area contributed by atoms with Gasteiger partial charge in [0.25, 0.3) is 0 Å². The minimum atomic E-state index is 0.00199. The molecule has 6 heteroatoms. The van der Waals surface area contributed by atoms with Crippen molar-refractivity contribution in [1.29, 1.82) is 0 Å². The van der Waals surface area contributed by atoms with E-state index >= 15 is 0 Å². The lowest BCUT2D eigenvalue weighted by molar-refractivity contribution is 0.511. The third kappa shape index (κ3) is 3.40. The van der Waals surface area contributed by atoms with Crippen molar-refractivity contribution in [3.63, 3.8) is 0 Å². The number of nitrogens with one attached hydrogen (secondary N) is 1. The Kier molecular flexibility index (Phi) is 5.57. The second-order valence-corrected chi connectivity index (χ2v) is 5.86. The summed E-state index contributed by atoms with van der Waals surface area (Å²) in [6, 6.07) is 5.94. The first-order valence-electron chi connectivity index (χ1n) is 6.74. The zero-order chi connectivity index (χ0) is 14.5. The van der Waals surface area contributed by atoms with Gasteiger partial charge in [-0.25, -0.2) is 4.68 Å². The van der Waals surface area contributed by atoms with E-state index in [2.05, 4.69) is 45.4 Å². The fourth-order valence-electron chi connectivity index (χ4n) is 2.19. The molecule has 0 spiro atoms. The molecule has 0 amide bonds. The SMILES string of the molecule is CCCn1nncc1C(NCC)c1ccc(Br)cc1Cl. The van der Waals surface area contributed by atoms with E-state index in [1.165, 1.54) is 0 Å². The van der Waals surface area contributed by atoms with Gasteiger partial charge in [-0.1, -0.05) is 52.7 Å². The Morgan fingerprint density at radius 2 is 2.20 bits per heavy atom. The monoisotopic (exact) mass is 356 g/mol. The lowest BCUT2D eigenvalue weighted by Gasteiger charge is -2.20. The number of aromatic nitrogens is 3. The Hall–Kier alpha value is -0.910. The molecule has 2 rings (SSSR count). The summed E-state index contributed by atoms with van der Waals surface area (Å²) in [5, 5.41) is 12.4. The van der Waals surface area contributed by atoms with E-state index in [-0.39, 0.29) is 6.04 Å². The number of nitrogens with zero attached hydrogens (tertiary/aromatic N) is 3. The molecule has 0 saturated heterocycles. The van der Waals surface area contributed by atoms with Gasteiger partial charge in [0.2, 0.25) is 0 Å². The second kappa shape index (κ2) is 7.20. The Bertz CT molecular complexity index is 570. The molecule has 0 fully saturated rings. The first-order chi connectivity index (χ1) is 9.67. The molecular weight excluding hydrogens is 340 g/mol. The minimum Gasteiger partial charge on any atom is -0.305 e. The van der Waals surface area contributed by atoms with Gasteiger partial charge in [0.1, 0.15) is 0 Å². The molecule has 0 radical (unpaired) electrons. The van der Waals surface area contributed by atoms with Crippen LogP contribution in [0.25, 0.3) is 0 Å². The molecule has 0 aliphatic heterocycles. The zero-order valence-corrected chi connectivity index (χ0v) is 13.9. The molecule has 1 unspecified atom stereocenters. The van der Waals surface area contributed by atoms with Gasteiger partial charge < -0.3 is 5.32 Å². The smallest absolute Gasteiger partial charge is 0.0802 e. The van der Waals surface area contributed by atoms with Crippen LogP contribution in [0.4, 0.5) is 0 Å². The van der Waals surface area contributed by atoms with Crippen LogP contribution in [0, 0.1) is 0 Å². The van der Waals surface area contributed by atoms with Crippen molar-refractivity contribution in [2.75, 3.05) is 6.54 Å². The summed E-state index contributed by atoms with van der Waals surface area (Å²) in [7, 11) is 0. The highest BCUT2D eigenvalue weighted by atomic mass is 79.9. The number of benzene rings is 1. The average Bonchev–Trinajstić information content (AvgIpc) is 2.85. The molecule has 20 heavy (non-hydrogen) atoms. The molecule has 0 bridgehead atoms. The maximum absolute atomic E-state index is 6.39. The summed E-state index contributed by atoms with van der Waals surface area (Å²) in [6.45, 7) is 5.90. The van der Waals surface area contributed by atoms with E-state index in [1.807, 2.05) is 22.9 Å². The number of halogens is 2. The lowest BCUT2D eigenvalue weighted by atomic mass is 10.0. The van der Waals surface area contributed by atoms with Crippen molar-refractivity contribution in [1.82, 2.24) is 20.3 Å². The van der Waals surface area contributed by atoms with Crippen LogP contribution in [0.1, 0.15) is 37.6 Å². The number of hydrogen-bond donors (Lipinski definition) is 1. The molecule has 0 aliphatic rings. The highest BCUT2D eigenvalue weighted by Gasteiger charge is 2.20. The van der Waals surface area contributed by atoms with Crippen molar-refractivity contribution in [2.45, 2.75) is 32.9 Å². The second-order valence-electron chi connectivity index (χ2n) is 4.54. The molecule has 2 aromatic rings. The predicted octanol–water partition coefficient (Wildman–Crippen LogP) is 3.80. The Morgan fingerprint density at radius 1 is 1.40 bits per heavy atom. The Balaban J connectivity index is 2.42. The summed E-state index contributed by atoms with van der Waals surface area (Å²) in [5.41, 5.74) is 2.08. The van der Waals surface area contributed by atoms with E-state index in [4.69, 9.17) is 11.6 Å². The van der Waals surface area contributed by atoms with E-state index in [9.17, 15) is 0 Å². The van der Waals surface area contributed by atoms with Crippen LogP contribution >= 0.6 is 27.5 Å². The number of aryl methyl sites for hydroxylation is 1. The molecule has 1 aromatic carbocycles. The van der Waals surface area contributed by atoms with Gasteiger partial charge in [-0.05, 0) is 30.7 Å². The van der Waals surface area contributed by atoms with Crippen LogP contribution in [0.5, 0.6) is 0 Å². The molecule has 108 valence electrons. The quantitative estimate of drug-likeness (QED) is 0.855. The van der Waals surface area contributed by atoms with Gasteiger partial charge in [0.05, 0.1) is 17.9 Å². The molecule has 4 nitrogen and oxygen atoms in total. The summed E-state index contributed by atoms with van der Waals surface area (Å²) in [4.78, 5) is 0. The predicted molar refractivity (Wildman–Crippen MR) is 85.0 cm³/mol. The Labute approximate surface area is 132 Å². The van der Waals surface area contributed by atoms with Crippen LogP contribution in [-0.4, -0.2) is 21.5 Å². The molecule has 1 heterocycles. The van der Waals surface area contributed by atoms with E-state index in [1.54, 1.807) is 6.20 Å². The molecule has 1 aromatic heterocycles. The van der Waals surface area contributed by atoms with Crippen molar-refractivity contribution in [3.8, 4) is 0 Å². The van der Waals surface area contributed by atoms with Crippen LogP contribution in [0.2, 0.25) is 5.02 Å². The molecule has 1 atom stereocenters. The highest BCUT2D eigenvalue weighted by Crippen LogP contribution is 2.30. The van der Waals surface area contributed by atoms with Gasteiger partial charge in [-0.3, -0.25) is 0 Å². The van der Waals surface area contributed by atoms with Crippen molar-refractivity contribution >= 4 is 27.5 Å². The maximum atomic E-state index is 6.39. The Morgan fingerprint density at radius 3 is 2.85 bits per heavy atom. The third-order valence-corrected chi connectivity index (χ3v) is 3.88. The minimum absolute atomic E-state index is 0.00199. The fraction of sp³-hybridized carbons (Fsp3) is 0.429. The maximum Gasteiger partial charge on any atom is 0.0802 e. The standard InChI is InChI=1S/C14H18BrClN4/c1-3-7-20-13(9-18-19-20)14(17-4-2)11-6-5-10(15)8-12(11)16/h5-6,8-9,14,17H,3-4,7H2,1-2H3. The van der Waals surface area contributed by atoms with Crippen LogP contribution < -0.4 is 5.32 Å². The van der Waals surface area contributed by atoms with Crippen molar-refractivity contribution < 1.29 is 0 Å². The van der Waals surface area contributed by atoms with Gasteiger partial charge in [-0.15, -0.1) is 5.10 Å². The van der Waals surface area contributed by atoms with E-state index in [0.29, 0.717) is 0 Å². The largest absolute Gasteiger partial charge is 0.305 e. The van der Waals surface area contributed by atoms with Gasteiger partial charge in [-0.2, -0.15) is 0 Å². The normalized spacial score (nSPS) is 12.6. The highest BCUT2D eigenvalue weighted by molar-refractivity contribution is 9.10. The number of rotatable bonds is 6. The molecule has 1 N–H and O–H groups in total. The molecule has 0 aliphatic carbocycles. The first kappa shape index (κ1) is 15.5. The van der Waals surface area contributed by atoms with E-state index in [0.717, 1.165) is 40.3 Å². The topological polar surface area (TPSA) is 42.7 Å². The summed E-state index contributed by atoms with van der Waals surface area (Å²) >= 11 is 9.82. The lowest BCUT2D eigenvalue weighted by Crippen LogP contribution is -2.25. The number of hydrogen-bond acceptors (Lipinski definition) is 3. The average molecular weight is 358 g/mol. The van der Waals surface area contributed by atoms with Crippen molar-refractivity contribution in [3.05, 3.63) is 45.1 Å². The van der Waals surface area contributed by atoms with Crippen molar-refractivity contribution in [2.24, 2.45) is 0 Å².